The standard InChI is InChI=1S/C19H22BrFN2O2/c20-15-2-1-3-19(12-15)25-14-18(24)13-22-8-10-23(11-9-22)17-6-4-16(21)5-7-17/h1-7,12,18,24H,8-11,13-14H2. The molecule has 0 aliphatic carbocycles. The summed E-state index contributed by atoms with van der Waals surface area (Å²) < 4.78 is 19.6. The van der Waals surface area contributed by atoms with Crippen LogP contribution in [0.1, 0.15) is 0 Å². The van der Waals surface area contributed by atoms with Crippen LogP contribution < -0.4 is 9.64 Å². The van der Waals surface area contributed by atoms with Gasteiger partial charge in [-0.15, -0.1) is 0 Å². The fraction of sp³-hybridized carbons (Fsp3) is 0.368. The van der Waals surface area contributed by atoms with E-state index in [4.69, 9.17) is 4.74 Å². The molecule has 0 radical (unpaired) electrons. The number of benzene rings is 2. The highest BCUT2D eigenvalue weighted by molar-refractivity contribution is 9.10. The van der Waals surface area contributed by atoms with Crippen LogP contribution in [0.3, 0.4) is 0 Å². The van der Waals surface area contributed by atoms with Crippen molar-refractivity contribution in [1.29, 1.82) is 0 Å². The first kappa shape index (κ1) is 18.2. The molecule has 0 amide bonds. The lowest BCUT2D eigenvalue weighted by atomic mass is 10.2. The van der Waals surface area contributed by atoms with Crippen molar-refractivity contribution < 1.29 is 14.2 Å². The van der Waals surface area contributed by atoms with E-state index in [1.54, 1.807) is 0 Å². The molecular formula is C19H22BrFN2O2. The predicted molar refractivity (Wildman–Crippen MR) is 101 cm³/mol. The molecule has 0 aromatic heterocycles. The Kier molecular flexibility index (Phi) is 6.29. The summed E-state index contributed by atoms with van der Waals surface area (Å²) in [4.78, 5) is 4.47. The van der Waals surface area contributed by atoms with Crippen LogP contribution in [0.2, 0.25) is 0 Å². The van der Waals surface area contributed by atoms with Gasteiger partial charge in [-0.2, -0.15) is 0 Å². The lowest BCUT2D eigenvalue weighted by molar-refractivity contribution is 0.0663. The van der Waals surface area contributed by atoms with Gasteiger partial charge in [0.15, 0.2) is 0 Å². The minimum atomic E-state index is -0.531. The Morgan fingerprint density at radius 3 is 2.48 bits per heavy atom. The minimum Gasteiger partial charge on any atom is -0.491 e. The molecule has 1 aliphatic heterocycles. The first-order chi connectivity index (χ1) is 12.1. The van der Waals surface area contributed by atoms with Gasteiger partial charge in [-0.3, -0.25) is 4.90 Å². The summed E-state index contributed by atoms with van der Waals surface area (Å²) in [5.74, 6) is 0.533. The Hall–Kier alpha value is -1.63. The normalized spacial score (nSPS) is 16.7. The van der Waals surface area contributed by atoms with Crippen molar-refractivity contribution in [2.24, 2.45) is 0 Å². The summed E-state index contributed by atoms with van der Waals surface area (Å²) in [7, 11) is 0. The number of hydrogen-bond acceptors (Lipinski definition) is 4. The summed E-state index contributed by atoms with van der Waals surface area (Å²) >= 11 is 3.40. The topological polar surface area (TPSA) is 35.9 Å². The van der Waals surface area contributed by atoms with Crippen molar-refractivity contribution in [3.8, 4) is 5.75 Å². The van der Waals surface area contributed by atoms with Crippen LogP contribution in [0.15, 0.2) is 53.0 Å². The van der Waals surface area contributed by atoms with E-state index in [0.29, 0.717) is 6.54 Å². The Morgan fingerprint density at radius 2 is 1.80 bits per heavy atom. The molecule has 134 valence electrons. The number of piperazine rings is 1. The predicted octanol–water partition coefficient (Wildman–Crippen LogP) is 3.15. The van der Waals surface area contributed by atoms with Crippen LogP contribution in [0.25, 0.3) is 0 Å². The number of halogens is 2. The molecule has 0 saturated carbocycles. The monoisotopic (exact) mass is 408 g/mol. The SMILES string of the molecule is OC(COc1cccc(Br)c1)CN1CCN(c2ccc(F)cc2)CC1. The quantitative estimate of drug-likeness (QED) is 0.796. The molecule has 1 atom stereocenters. The zero-order chi connectivity index (χ0) is 17.6. The van der Waals surface area contributed by atoms with Crippen LogP contribution in [0.5, 0.6) is 5.75 Å². The third kappa shape index (κ3) is 5.42. The van der Waals surface area contributed by atoms with Crippen LogP contribution >= 0.6 is 15.9 Å². The molecule has 25 heavy (non-hydrogen) atoms. The molecule has 3 rings (SSSR count). The molecule has 1 unspecified atom stereocenters. The number of β-amino-alcohol motifs (C(OH)–C–C–N with tert-alkyl or cyclic N) is 1. The molecule has 0 spiro atoms. The second-order valence-corrected chi connectivity index (χ2v) is 7.10. The Bertz CT molecular complexity index is 675. The summed E-state index contributed by atoms with van der Waals surface area (Å²) in [6.45, 7) is 4.33. The van der Waals surface area contributed by atoms with Crippen molar-refractivity contribution in [2.45, 2.75) is 6.10 Å². The highest BCUT2D eigenvalue weighted by Crippen LogP contribution is 2.19. The zero-order valence-electron chi connectivity index (χ0n) is 13.9. The molecule has 4 nitrogen and oxygen atoms in total. The van der Waals surface area contributed by atoms with Crippen LogP contribution in [0.4, 0.5) is 10.1 Å². The average Bonchev–Trinajstić information content (AvgIpc) is 2.62. The molecule has 0 bridgehead atoms. The number of anilines is 1. The van der Waals surface area contributed by atoms with Crippen LogP contribution in [-0.2, 0) is 0 Å². The number of aliphatic hydroxyl groups excluding tert-OH is 1. The highest BCUT2D eigenvalue weighted by atomic mass is 79.9. The van der Waals surface area contributed by atoms with E-state index < -0.39 is 6.10 Å². The van der Waals surface area contributed by atoms with Crippen molar-refractivity contribution >= 4 is 21.6 Å². The largest absolute Gasteiger partial charge is 0.491 e. The third-order valence-corrected chi connectivity index (χ3v) is 4.76. The lowest BCUT2D eigenvalue weighted by Gasteiger charge is -2.36. The molecule has 1 aliphatic rings. The molecule has 6 heteroatoms. The van der Waals surface area contributed by atoms with E-state index in [1.165, 1.54) is 12.1 Å². The van der Waals surface area contributed by atoms with E-state index in [0.717, 1.165) is 42.1 Å². The maximum absolute atomic E-state index is 13.0. The summed E-state index contributed by atoms with van der Waals surface area (Å²) in [6, 6.07) is 14.2. The number of ether oxygens (including phenoxy) is 1. The maximum Gasteiger partial charge on any atom is 0.123 e. The molecule has 2 aromatic carbocycles. The van der Waals surface area contributed by atoms with Gasteiger partial charge in [-0.25, -0.2) is 4.39 Å². The fourth-order valence-corrected chi connectivity index (χ4v) is 3.32. The van der Waals surface area contributed by atoms with Gasteiger partial charge < -0.3 is 14.7 Å². The Labute approximate surface area is 155 Å². The molecular weight excluding hydrogens is 387 g/mol. The van der Waals surface area contributed by atoms with E-state index in [1.807, 2.05) is 36.4 Å². The van der Waals surface area contributed by atoms with E-state index >= 15 is 0 Å². The van der Waals surface area contributed by atoms with Gasteiger partial charge in [0.2, 0.25) is 0 Å². The van der Waals surface area contributed by atoms with E-state index in [9.17, 15) is 9.50 Å². The third-order valence-electron chi connectivity index (χ3n) is 4.27. The highest BCUT2D eigenvalue weighted by Gasteiger charge is 2.19. The average molecular weight is 409 g/mol. The smallest absolute Gasteiger partial charge is 0.123 e. The van der Waals surface area contributed by atoms with Gasteiger partial charge in [0, 0.05) is 42.9 Å². The van der Waals surface area contributed by atoms with E-state index in [-0.39, 0.29) is 12.4 Å². The molecule has 2 aromatic rings. The molecule has 1 fully saturated rings. The van der Waals surface area contributed by atoms with E-state index in [2.05, 4.69) is 25.7 Å². The lowest BCUT2D eigenvalue weighted by Crippen LogP contribution is -2.49. The summed E-state index contributed by atoms with van der Waals surface area (Å²) in [6.07, 6.45) is -0.531. The van der Waals surface area contributed by atoms with Gasteiger partial charge in [0.25, 0.3) is 0 Å². The second-order valence-electron chi connectivity index (χ2n) is 6.19. The number of rotatable bonds is 6. The zero-order valence-corrected chi connectivity index (χ0v) is 15.5. The van der Waals surface area contributed by atoms with Crippen molar-refractivity contribution in [3.05, 3.63) is 58.8 Å². The van der Waals surface area contributed by atoms with Gasteiger partial charge in [0.05, 0.1) is 0 Å². The fourth-order valence-electron chi connectivity index (χ4n) is 2.94. The van der Waals surface area contributed by atoms with Crippen LogP contribution in [0, 0.1) is 5.82 Å². The number of aliphatic hydroxyl groups is 1. The minimum absolute atomic E-state index is 0.212. The van der Waals surface area contributed by atoms with Crippen LogP contribution in [-0.4, -0.2) is 55.4 Å². The Morgan fingerprint density at radius 1 is 1.08 bits per heavy atom. The van der Waals surface area contributed by atoms with Crippen molar-refractivity contribution in [2.75, 3.05) is 44.2 Å². The van der Waals surface area contributed by atoms with Gasteiger partial charge in [-0.05, 0) is 42.5 Å². The number of hydrogen-bond donors (Lipinski definition) is 1. The maximum atomic E-state index is 13.0. The first-order valence-electron chi connectivity index (χ1n) is 8.39. The Balaban J connectivity index is 1.41. The molecule has 1 N–H and O–H groups in total. The molecule has 1 saturated heterocycles. The van der Waals surface area contributed by atoms with Gasteiger partial charge in [-0.1, -0.05) is 22.0 Å². The summed E-state index contributed by atoms with van der Waals surface area (Å²) in [5, 5.41) is 10.2. The molecule has 1 heterocycles. The van der Waals surface area contributed by atoms with Crippen molar-refractivity contribution in [1.82, 2.24) is 4.90 Å². The second kappa shape index (κ2) is 8.65. The van der Waals surface area contributed by atoms with Gasteiger partial charge in [0.1, 0.15) is 24.3 Å². The van der Waals surface area contributed by atoms with Crippen molar-refractivity contribution in [3.63, 3.8) is 0 Å². The first-order valence-corrected chi connectivity index (χ1v) is 9.19. The summed E-state index contributed by atoms with van der Waals surface area (Å²) in [5.41, 5.74) is 1.04. The van der Waals surface area contributed by atoms with Gasteiger partial charge >= 0.3 is 0 Å². The number of nitrogens with zero attached hydrogens (tertiary/aromatic N) is 2.